The first kappa shape index (κ1) is 11.5. The summed E-state index contributed by atoms with van der Waals surface area (Å²) in [4.78, 5) is 0. The molecule has 0 unspecified atom stereocenters. The van der Waals surface area contributed by atoms with Crippen molar-refractivity contribution in [3.05, 3.63) is 5.82 Å². The van der Waals surface area contributed by atoms with E-state index in [2.05, 4.69) is 17.1 Å². The maximum Gasteiger partial charge on any atom is 0.273 e. The van der Waals surface area contributed by atoms with Crippen LogP contribution >= 0.6 is 0 Å². The van der Waals surface area contributed by atoms with Gasteiger partial charge in [-0.15, -0.1) is 10.2 Å². The molecule has 6 nitrogen and oxygen atoms in total. The third-order valence-electron chi connectivity index (χ3n) is 3.34. The molecular formula is C9H16N4O2S. The molecule has 2 N–H and O–H groups in total. The van der Waals surface area contributed by atoms with Crippen LogP contribution in [-0.4, -0.2) is 23.2 Å². The summed E-state index contributed by atoms with van der Waals surface area (Å²) in [6.45, 7) is 2.09. The number of rotatable bonds is 2. The van der Waals surface area contributed by atoms with E-state index in [4.69, 9.17) is 5.14 Å². The van der Waals surface area contributed by atoms with Crippen molar-refractivity contribution < 1.29 is 8.42 Å². The van der Waals surface area contributed by atoms with Gasteiger partial charge in [0.2, 0.25) is 0 Å². The highest BCUT2D eigenvalue weighted by molar-refractivity contribution is 7.89. The molecule has 1 aromatic heterocycles. The van der Waals surface area contributed by atoms with Crippen molar-refractivity contribution in [2.24, 2.45) is 12.2 Å². The molecule has 0 aliphatic heterocycles. The molecule has 16 heavy (non-hydrogen) atoms. The van der Waals surface area contributed by atoms with Crippen molar-refractivity contribution in [1.29, 1.82) is 0 Å². The molecule has 1 aromatic rings. The van der Waals surface area contributed by atoms with E-state index in [0.717, 1.165) is 25.7 Å². The fourth-order valence-electron chi connectivity index (χ4n) is 2.47. The third kappa shape index (κ3) is 1.73. The Morgan fingerprint density at radius 3 is 2.31 bits per heavy atom. The van der Waals surface area contributed by atoms with Crippen molar-refractivity contribution in [2.75, 3.05) is 0 Å². The van der Waals surface area contributed by atoms with Crippen LogP contribution in [0.25, 0.3) is 0 Å². The number of hydrogen-bond acceptors (Lipinski definition) is 4. The zero-order valence-corrected chi connectivity index (χ0v) is 10.3. The van der Waals surface area contributed by atoms with E-state index < -0.39 is 10.0 Å². The van der Waals surface area contributed by atoms with Crippen LogP contribution < -0.4 is 5.14 Å². The summed E-state index contributed by atoms with van der Waals surface area (Å²) in [6, 6.07) is 0. The summed E-state index contributed by atoms with van der Waals surface area (Å²) in [5.74, 6) is 0.717. The van der Waals surface area contributed by atoms with E-state index in [1.165, 1.54) is 4.57 Å². The normalized spacial score (nSPS) is 20.2. The van der Waals surface area contributed by atoms with Crippen LogP contribution in [0.2, 0.25) is 0 Å². The van der Waals surface area contributed by atoms with Gasteiger partial charge >= 0.3 is 0 Å². The Labute approximate surface area is 94.9 Å². The quantitative estimate of drug-likeness (QED) is 0.809. The van der Waals surface area contributed by atoms with Gasteiger partial charge in [0.1, 0.15) is 5.82 Å². The third-order valence-corrected chi connectivity index (χ3v) is 4.20. The Morgan fingerprint density at radius 1 is 1.31 bits per heavy atom. The van der Waals surface area contributed by atoms with E-state index in [1.54, 1.807) is 7.05 Å². The van der Waals surface area contributed by atoms with E-state index in [-0.39, 0.29) is 10.6 Å². The van der Waals surface area contributed by atoms with Crippen LogP contribution in [0.4, 0.5) is 0 Å². The summed E-state index contributed by atoms with van der Waals surface area (Å²) in [5, 5.41) is 12.6. The Kier molecular flexibility index (Phi) is 2.54. The fourth-order valence-corrected chi connectivity index (χ4v) is 3.09. The minimum atomic E-state index is -3.78. The molecule has 1 fully saturated rings. The van der Waals surface area contributed by atoms with Gasteiger partial charge in [0.05, 0.1) is 0 Å². The fraction of sp³-hybridized carbons (Fsp3) is 0.778. The lowest BCUT2D eigenvalue weighted by Crippen LogP contribution is -2.24. The van der Waals surface area contributed by atoms with E-state index >= 15 is 0 Å². The van der Waals surface area contributed by atoms with Crippen molar-refractivity contribution >= 4 is 10.0 Å². The number of nitrogens with zero attached hydrogens (tertiary/aromatic N) is 3. The van der Waals surface area contributed by atoms with Crippen molar-refractivity contribution in [1.82, 2.24) is 14.8 Å². The van der Waals surface area contributed by atoms with Gasteiger partial charge < -0.3 is 4.57 Å². The largest absolute Gasteiger partial charge is 0.303 e. The van der Waals surface area contributed by atoms with Crippen LogP contribution in [0.3, 0.4) is 0 Å². The Hall–Kier alpha value is -0.950. The monoisotopic (exact) mass is 244 g/mol. The van der Waals surface area contributed by atoms with Gasteiger partial charge in [0, 0.05) is 12.5 Å². The first-order chi connectivity index (χ1) is 7.34. The average molecular weight is 244 g/mol. The Bertz CT molecular complexity index is 500. The van der Waals surface area contributed by atoms with E-state index in [9.17, 15) is 8.42 Å². The zero-order chi connectivity index (χ0) is 12.0. The molecule has 1 aliphatic carbocycles. The van der Waals surface area contributed by atoms with Gasteiger partial charge in [-0.1, -0.05) is 19.8 Å². The van der Waals surface area contributed by atoms with Gasteiger partial charge in [-0.05, 0) is 12.8 Å². The molecule has 90 valence electrons. The topological polar surface area (TPSA) is 90.9 Å². The summed E-state index contributed by atoms with van der Waals surface area (Å²) >= 11 is 0. The molecule has 1 aliphatic rings. The number of nitrogens with two attached hydrogens (primary N) is 1. The van der Waals surface area contributed by atoms with Crippen LogP contribution in [-0.2, 0) is 22.5 Å². The molecule has 1 heterocycles. The highest BCUT2D eigenvalue weighted by atomic mass is 32.2. The molecule has 0 saturated heterocycles. The van der Waals surface area contributed by atoms with Gasteiger partial charge in [-0.2, -0.15) is 0 Å². The first-order valence-electron chi connectivity index (χ1n) is 5.27. The molecule has 0 bridgehead atoms. The van der Waals surface area contributed by atoms with Gasteiger partial charge in [0.15, 0.2) is 0 Å². The number of hydrogen-bond donors (Lipinski definition) is 1. The minimum absolute atomic E-state index is 0.0648. The van der Waals surface area contributed by atoms with Crippen molar-refractivity contribution in [2.45, 2.75) is 43.2 Å². The predicted octanol–water partition coefficient (Wildman–Crippen LogP) is 0.294. The standard InChI is InChI=1S/C9H16N4O2S/c1-9(5-3-4-6-9)7-11-12-8(13(7)2)16(10,14)15/h3-6H2,1-2H3,(H2,10,14,15). The number of aromatic nitrogens is 3. The molecule has 0 aromatic carbocycles. The maximum absolute atomic E-state index is 11.2. The predicted molar refractivity (Wildman–Crippen MR) is 58.2 cm³/mol. The van der Waals surface area contributed by atoms with Gasteiger partial charge in [-0.25, -0.2) is 13.6 Å². The summed E-state index contributed by atoms with van der Waals surface area (Å²) < 4.78 is 24.0. The van der Waals surface area contributed by atoms with E-state index in [0.29, 0.717) is 5.82 Å². The second kappa shape index (κ2) is 3.53. The Balaban J connectivity index is 2.49. The lowest BCUT2D eigenvalue weighted by Gasteiger charge is -2.21. The number of sulfonamides is 1. The summed E-state index contributed by atoms with van der Waals surface area (Å²) in [7, 11) is -2.13. The van der Waals surface area contributed by atoms with E-state index in [1.807, 2.05) is 0 Å². The zero-order valence-electron chi connectivity index (χ0n) is 9.47. The molecule has 0 amide bonds. The van der Waals surface area contributed by atoms with Crippen LogP contribution in [0.1, 0.15) is 38.4 Å². The smallest absolute Gasteiger partial charge is 0.273 e. The maximum atomic E-state index is 11.2. The summed E-state index contributed by atoms with van der Waals surface area (Å²) in [6.07, 6.45) is 4.33. The van der Waals surface area contributed by atoms with Crippen LogP contribution in [0, 0.1) is 0 Å². The van der Waals surface area contributed by atoms with Crippen LogP contribution in [0.5, 0.6) is 0 Å². The first-order valence-corrected chi connectivity index (χ1v) is 6.82. The van der Waals surface area contributed by atoms with Crippen molar-refractivity contribution in [3.63, 3.8) is 0 Å². The highest BCUT2D eigenvalue weighted by Gasteiger charge is 2.36. The number of primary sulfonamides is 1. The average Bonchev–Trinajstić information content (AvgIpc) is 2.71. The molecular weight excluding hydrogens is 228 g/mol. The molecule has 2 rings (SSSR count). The second-order valence-corrected chi connectivity index (χ2v) is 6.13. The Morgan fingerprint density at radius 2 is 1.88 bits per heavy atom. The van der Waals surface area contributed by atoms with Crippen molar-refractivity contribution in [3.8, 4) is 0 Å². The van der Waals surface area contributed by atoms with Gasteiger partial charge in [0.25, 0.3) is 15.2 Å². The summed E-state index contributed by atoms with van der Waals surface area (Å²) in [5.41, 5.74) is -0.0648. The second-order valence-electron chi connectivity index (χ2n) is 4.68. The van der Waals surface area contributed by atoms with Gasteiger partial charge in [-0.3, -0.25) is 0 Å². The lowest BCUT2D eigenvalue weighted by atomic mass is 9.88. The minimum Gasteiger partial charge on any atom is -0.303 e. The molecule has 0 radical (unpaired) electrons. The molecule has 7 heteroatoms. The molecule has 0 spiro atoms. The molecule has 0 atom stereocenters. The van der Waals surface area contributed by atoms with Crippen LogP contribution in [0.15, 0.2) is 5.16 Å². The lowest BCUT2D eigenvalue weighted by molar-refractivity contribution is 0.437. The SMILES string of the molecule is Cn1c(C2(C)CCCC2)nnc1S(N)(=O)=O. The highest BCUT2D eigenvalue weighted by Crippen LogP contribution is 2.39. The molecule has 1 saturated carbocycles.